The van der Waals surface area contributed by atoms with Gasteiger partial charge in [0.25, 0.3) is 0 Å². The molecule has 1 heterocycles. The first-order valence-electron chi connectivity index (χ1n) is 8.03. The number of nitrogens with one attached hydrogen (secondary N) is 1. The first kappa shape index (κ1) is 20.6. The van der Waals surface area contributed by atoms with Gasteiger partial charge in [0.1, 0.15) is 5.76 Å². The Bertz CT molecular complexity index is 638. The fraction of sp³-hybridized carbons (Fsp3) is 0.389. The van der Waals surface area contributed by atoms with Crippen LogP contribution in [0, 0.1) is 0 Å². The molecule has 0 amide bonds. The molecule has 1 aromatic heterocycles. The Morgan fingerprint density at radius 1 is 1.21 bits per heavy atom. The van der Waals surface area contributed by atoms with Crippen LogP contribution in [0.4, 0.5) is 0 Å². The summed E-state index contributed by atoms with van der Waals surface area (Å²) >= 11 is 12.2. The van der Waals surface area contributed by atoms with E-state index in [1.807, 2.05) is 30.7 Å². The van der Waals surface area contributed by atoms with Gasteiger partial charge < -0.3 is 14.6 Å². The summed E-state index contributed by atoms with van der Waals surface area (Å²) in [6.07, 6.45) is 5.30. The van der Waals surface area contributed by atoms with Gasteiger partial charge in [0.2, 0.25) is 0 Å². The largest absolute Gasteiger partial charge is 0.491 e. The number of imidazole rings is 1. The quantitative estimate of drug-likeness (QED) is 0.712. The van der Waals surface area contributed by atoms with Crippen molar-refractivity contribution in [3.63, 3.8) is 0 Å². The molecule has 0 spiro atoms. The molecule has 0 unspecified atom stereocenters. The third kappa shape index (κ3) is 6.19. The second-order valence-electron chi connectivity index (χ2n) is 4.90. The molecule has 1 aromatic carbocycles. The standard InChI is InChI=1S/C14H14Cl2N2O.C4H11N/c1-3-19-14(10(2)18-7-6-17-9-18)12-5-4-11(15)8-13(12)16;1-3-5-4-2/h4-9H,3H2,1-2H3;5H,3-4H2,1-2H3. The van der Waals surface area contributed by atoms with Crippen LogP contribution in [0.5, 0.6) is 0 Å². The van der Waals surface area contributed by atoms with Crippen molar-refractivity contribution in [1.29, 1.82) is 0 Å². The SMILES string of the molecule is CCNCC.CCOC(=C(C)n1ccnc1)c1ccc(Cl)cc1Cl. The molecule has 0 bridgehead atoms. The molecular weight excluding hydrogens is 345 g/mol. The third-order valence-corrected chi connectivity index (χ3v) is 3.73. The molecule has 24 heavy (non-hydrogen) atoms. The second kappa shape index (κ2) is 11.1. The van der Waals surface area contributed by atoms with Gasteiger partial charge in [-0.05, 0) is 45.1 Å². The zero-order valence-corrected chi connectivity index (χ0v) is 16.2. The van der Waals surface area contributed by atoms with Gasteiger partial charge in [0.15, 0.2) is 0 Å². The molecule has 0 radical (unpaired) electrons. The van der Waals surface area contributed by atoms with Gasteiger partial charge in [-0.3, -0.25) is 0 Å². The van der Waals surface area contributed by atoms with Gasteiger partial charge >= 0.3 is 0 Å². The number of ether oxygens (including phenoxy) is 1. The molecule has 0 atom stereocenters. The number of hydrogen-bond donors (Lipinski definition) is 1. The van der Waals surface area contributed by atoms with Crippen LogP contribution in [-0.4, -0.2) is 29.2 Å². The monoisotopic (exact) mass is 369 g/mol. The van der Waals surface area contributed by atoms with Gasteiger partial charge in [0.05, 0.1) is 23.7 Å². The molecule has 6 heteroatoms. The predicted octanol–water partition coefficient (Wildman–Crippen LogP) is 5.19. The van der Waals surface area contributed by atoms with Crippen molar-refractivity contribution in [2.45, 2.75) is 27.7 Å². The van der Waals surface area contributed by atoms with E-state index >= 15 is 0 Å². The van der Waals surface area contributed by atoms with Crippen molar-refractivity contribution < 1.29 is 4.74 Å². The third-order valence-electron chi connectivity index (χ3n) is 3.18. The predicted molar refractivity (Wildman–Crippen MR) is 103 cm³/mol. The van der Waals surface area contributed by atoms with Crippen LogP contribution in [-0.2, 0) is 4.74 Å². The molecule has 2 aromatic rings. The topological polar surface area (TPSA) is 39.1 Å². The van der Waals surface area contributed by atoms with Crippen LogP contribution < -0.4 is 5.32 Å². The normalized spacial score (nSPS) is 11.4. The molecule has 0 aliphatic heterocycles. The van der Waals surface area contributed by atoms with Crippen LogP contribution >= 0.6 is 23.2 Å². The van der Waals surface area contributed by atoms with E-state index in [9.17, 15) is 0 Å². The van der Waals surface area contributed by atoms with Crippen molar-refractivity contribution in [1.82, 2.24) is 14.9 Å². The Kier molecular flexibility index (Phi) is 9.53. The summed E-state index contributed by atoms with van der Waals surface area (Å²) in [5, 5.41) is 4.28. The first-order chi connectivity index (χ1) is 11.5. The molecule has 0 saturated heterocycles. The second-order valence-corrected chi connectivity index (χ2v) is 5.74. The number of allylic oxidation sites excluding steroid dienone is 1. The van der Waals surface area contributed by atoms with E-state index in [2.05, 4.69) is 24.1 Å². The molecule has 0 aliphatic rings. The maximum atomic E-state index is 6.24. The zero-order chi connectivity index (χ0) is 17.9. The molecule has 0 aliphatic carbocycles. The summed E-state index contributed by atoms with van der Waals surface area (Å²) in [6, 6.07) is 5.36. The zero-order valence-electron chi connectivity index (χ0n) is 14.6. The van der Waals surface area contributed by atoms with Crippen molar-refractivity contribution in [3.05, 3.63) is 52.5 Å². The number of rotatable bonds is 6. The van der Waals surface area contributed by atoms with Gasteiger partial charge in [0, 0.05) is 23.0 Å². The maximum Gasteiger partial charge on any atom is 0.147 e. The average molecular weight is 370 g/mol. The highest BCUT2D eigenvalue weighted by atomic mass is 35.5. The van der Waals surface area contributed by atoms with Gasteiger partial charge in [-0.25, -0.2) is 4.98 Å². The van der Waals surface area contributed by atoms with Gasteiger partial charge in [-0.2, -0.15) is 0 Å². The maximum absolute atomic E-state index is 6.24. The van der Waals surface area contributed by atoms with Crippen LogP contribution in [0.25, 0.3) is 11.5 Å². The Balaban J connectivity index is 0.000000505. The van der Waals surface area contributed by atoms with E-state index in [0.29, 0.717) is 16.7 Å². The molecule has 2 rings (SSSR count). The summed E-state index contributed by atoms with van der Waals surface area (Å²) < 4.78 is 7.62. The van der Waals surface area contributed by atoms with E-state index in [1.54, 1.807) is 24.7 Å². The van der Waals surface area contributed by atoms with Crippen LogP contribution in [0.15, 0.2) is 36.9 Å². The average Bonchev–Trinajstić information content (AvgIpc) is 3.08. The summed E-state index contributed by atoms with van der Waals surface area (Å²) in [4.78, 5) is 4.04. The lowest BCUT2D eigenvalue weighted by atomic mass is 10.1. The fourth-order valence-electron chi connectivity index (χ4n) is 2.02. The van der Waals surface area contributed by atoms with Crippen LogP contribution in [0.2, 0.25) is 10.0 Å². The van der Waals surface area contributed by atoms with Gasteiger partial charge in [-0.15, -0.1) is 0 Å². The minimum absolute atomic E-state index is 0.556. The van der Waals surface area contributed by atoms with Crippen molar-refractivity contribution in [2.75, 3.05) is 19.7 Å². The number of nitrogens with zero attached hydrogens (tertiary/aromatic N) is 2. The molecule has 132 valence electrons. The highest BCUT2D eigenvalue weighted by Crippen LogP contribution is 2.31. The first-order valence-corrected chi connectivity index (χ1v) is 8.78. The van der Waals surface area contributed by atoms with Gasteiger partial charge in [-0.1, -0.05) is 37.0 Å². The smallest absolute Gasteiger partial charge is 0.147 e. The summed E-state index contributed by atoms with van der Waals surface area (Å²) in [5.41, 5.74) is 1.74. The van der Waals surface area contributed by atoms with Crippen LogP contribution in [0.1, 0.15) is 33.3 Å². The summed E-state index contributed by atoms with van der Waals surface area (Å²) in [7, 11) is 0. The Hall–Kier alpha value is -1.49. The number of aromatic nitrogens is 2. The molecule has 0 saturated carbocycles. The fourth-order valence-corrected chi connectivity index (χ4v) is 2.51. The Morgan fingerprint density at radius 2 is 1.92 bits per heavy atom. The summed E-state index contributed by atoms with van der Waals surface area (Å²) in [6.45, 7) is 10.8. The highest BCUT2D eigenvalue weighted by Gasteiger charge is 2.13. The number of benzene rings is 1. The lowest BCUT2D eigenvalue weighted by molar-refractivity contribution is 0.298. The highest BCUT2D eigenvalue weighted by molar-refractivity contribution is 6.35. The lowest BCUT2D eigenvalue weighted by Crippen LogP contribution is -2.09. The summed E-state index contributed by atoms with van der Waals surface area (Å²) in [5.74, 6) is 0.724. The lowest BCUT2D eigenvalue weighted by Gasteiger charge is -2.15. The van der Waals surface area contributed by atoms with E-state index in [0.717, 1.165) is 30.1 Å². The molecule has 1 N–H and O–H groups in total. The number of halogens is 2. The van der Waals surface area contributed by atoms with E-state index in [-0.39, 0.29) is 0 Å². The molecule has 0 fully saturated rings. The Morgan fingerprint density at radius 3 is 2.38 bits per heavy atom. The van der Waals surface area contributed by atoms with E-state index in [4.69, 9.17) is 27.9 Å². The molecule has 4 nitrogen and oxygen atoms in total. The Labute approximate surface area is 154 Å². The van der Waals surface area contributed by atoms with E-state index in [1.165, 1.54) is 0 Å². The van der Waals surface area contributed by atoms with Crippen molar-refractivity contribution in [3.8, 4) is 0 Å². The van der Waals surface area contributed by atoms with Crippen molar-refractivity contribution in [2.24, 2.45) is 0 Å². The van der Waals surface area contributed by atoms with Crippen molar-refractivity contribution >= 4 is 34.7 Å². The van der Waals surface area contributed by atoms with Crippen LogP contribution in [0.3, 0.4) is 0 Å². The number of hydrogen-bond acceptors (Lipinski definition) is 3. The van der Waals surface area contributed by atoms with E-state index < -0.39 is 0 Å². The molecular formula is C18H25Cl2N3O. The minimum Gasteiger partial charge on any atom is -0.491 e. The minimum atomic E-state index is 0.556.